The van der Waals surface area contributed by atoms with Crippen LogP contribution in [0.1, 0.15) is 12.8 Å². The molecular weight excluding hydrogens is 278 g/mol. The highest BCUT2D eigenvalue weighted by atomic mass is 16.5. The monoisotopic (exact) mass is 295 g/mol. The normalized spacial score (nSPS) is 14.7. The minimum absolute atomic E-state index is 0.587. The Hall–Kier alpha value is -2.56. The molecule has 1 saturated heterocycles. The molecule has 0 bridgehead atoms. The molecule has 1 aromatic carbocycles. The summed E-state index contributed by atoms with van der Waals surface area (Å²) >= 11 is 0. The zero-order valence-electron chi connectivity index (χ0n) is 12.5. The third kappa shape index (κ3) is 2.28. The van der Waals surface area contributed by atoms with Gasteiger partial charge in [0.1, 0.15) is 17.1 Å². The number of fused-ring (bicyclic) bond motifs is 1. The highest BCUT2D eigenvalue weighted by molar-refractivity contribution is 5.74. The van der Waals surface area contributed by atoms with Crippen LogP contribution in [0.5, 0.6) is 5.75 Å². The van der Waals surface area contributed by atoms with E-state index in [1.165, 1.54) is 12.8 Å². The van der Waals surface area contributed by atoms with Gasteiger partial charge in [0.05, 0.1) is 7.11 Å². The molecule has 3 heterocycles. The number of pyridine rings is 1. The van der Waals surface area contributed by atoms with Gasteiger partial charge in [-0.3, -0.25) is 0 Å². The molecule has 1 aliphatic heterocycles. The number of methoxy groups -OCH3 is 1. The first-order valence-electron chi connectivity index (χ1n) is 7.50. The minimum atomic E-state index is 0.587. The number of anilines is 1. The molecule has 0 N–H and O–H groups in total. The molecule has 22 heavy (non-hydrogen) atoms. The molecule has 0 aliphatic carbocycles. The van der Waals surface area contributed by atoms with E-state index >= 15 is 0 Å². The zero-order valence-corrected chi connectivity index (χ0v) is 12.5. The lowest BCUT2D eigenvalue weighted by Crippen LogP contribution is -2.18. The summed E-state index contributed by atoms with van der Waals surface area (Å²) in [6, 6.07) is 11.7. The fourth-order valence-corrected chi connectivity index (χ4v) is 2.79. The summed E-state index contributed by atoms with van der Waals surface area (Å²) in [5.41, 5.74) is 2.30. The van der Waals surface area contributed by atoms with E-state index in [1.54, 1.807) is 7.11 Å². The second kappa shape index (κ2) is 5.33. The van der Waals surface area contributed by atoms with Crippen molar-refractivity contribution in [2.24, 2.45) is 0 Å². The molecule has 5 heteroatoms. The second-order valence-corrected chi connectivity index (χ2v) is 5.44. The van der Waals surface area contributed by atoms with Gasteiger partial charge in [-0.2, -0.15) is 4.98 Å². The van der Waals surface area contributed by atoms with Gasteiger partial charge in [0, 0.05) is 18.7 Å². The predicted octanol–water partition coefficient (Wildman–Crippen LogP) is 3.50. The first kappa shape index (κ1) is 13.1. The van der Waals surface area contributed by atoms with Crippen molar-refractivity contribution in [3.05, 3.63) is 36.4 Å². The maximum absolute atomic E-state index is 5.84. The van der Waals surface area contributed by atoms with Gasteiger partial charge in [-0.1, -0.05) is 0 Å². The summed E-state index contributed by atoms with van der Waals surface area (Å²) in [6.07, 6.45) is 2.46. The van der Waals surface area contributed by atoms with Crippen LogP contribution in [-0.4, -0.2) is 30.2 Å². The van der Waals surface area contributed by atoms with Crippen molar-refractivity contribution in [2.75, 3.05) is 25.1 Å². The molecule has 0 atom stereocenters. The van der Waals surface area contributed by atoms with E-state index in [1.807, 2.05) is 36.4 Å². The molecular formula is C17H17N3O2. The smallest absolute Gasteiger partial charge is 0.249 e. The fraction of sp³-hybridized carbons (Fsp3) is 0.294. The van der Waals surface area contributed by atoms with E-state index in [0.717, 1.165) is 35.7 Å². The summed E-state index contributed by atoms with van der Waals surface area (Å²) in [7, 11) is 1.65. The van der Waals surface area contributed by atoms with Gasteiger partial charge in [0.25, 0.3) is 0 Å². The molecule has 5 nitrogen and oxygen atoms in total. The number of ether oxygens (including phenoxy) is 1. The van der Waals surface area contributed by atoms with E-state index in [2.05, 4.69) is 14.9 Å². The van der Waals surface area contributed by atoms with Gasteiger partial charge >= 0.3 is 0 Å². The molecule has 3 aromatic rings. The molecule has 0 spiro atoms. The Bertz CT molecular complexity index is 789. The maximum atomic E-state index is 5.84. The Morgan fingerprint density at radius 3 is 2.50 bits per heavy atom. The Morgan fingerprint density at radius 1 is 1.00 bits per heavy atom. The van der Waals surface area contributed by atoms with Crippen molar-refractivity contribution >= 4 is 17.0 Å². The van der Waals surface area contributed by atoms with Crippen LogP contribution in [0.15, 0.2) is 40.8 Å². The molecule has 0 saturated carbocycles. The SMILES string of the molecule is COc1ccc(-c2nc3ccc(N4CCCC4)nc3o2)cc1. The summed E-state index contributed by atoms with van der Waals surface area (Å²) < 4.78 is 11.0. The van der Waals surface area contributed by atoms with Gasteiger partial charge in [-0.15, -0.1) is 0 Å². The Labute approximate surface area is 128 Å². The molecule has 1 fully saturated rings. The summed E-state index contributed by atoms with van der Waals surface area (Å²) in [5.74, 6) is 2.38. The number of hydrogen-bond acceptors (Lipinski definition) is 5. The number of oxazole rings is 1. The molecule has 2 aromatic heterocycles. The van der Waals surface area contributed by atoms with E-state index in [4.69, 9.17) is 9.15 Å². The number of benzene rings is 1. The van der Waals surface area contributed by atoms with Crippen LogP contribution in [-0.2, 0) is 0 Å². The van der Waals surface area contributed by atoms with Crippen molar-refractivity contribution in [3.8, 4) is 17.2 Å². The third-order valence-electron chi connectivity index (χ3n) is 4.01. The highest BCUT2D eigenvalue weighted by Gasteiger charge is 2.16. The molecule has 0 radical (unpaired) electrons. The number of rotatable bonds is 3. The van der Waals surface area contributed by atoms with E-state index in [9.17, 15) is 0 Å². The van der Waals surface area contributed by atoms with Gasteiger partial charge in [0.2, 0.25) is 11.6 Å². The third-order valence-corrected chi connectivity index (χ3v) is 4.01. The maximum Gasteiger partial charge on any atom is 0.249 e. The van der Waals surface area contributed by atoms with Gasteiger partial charge in [-0.05, 0) is 49.2 Å². The fourth-order valence-electron chi connectivity index (χ4n) is 2.79. The van der Waals surface area contributed by atoms with Gasteiger partial charge in [0.15, 0.2) is 0 Å². The van der Waals surface area contributed by atoms with Gasteiger partial charge in [-0.25, -0.2) is 4.98 Å². The predicted molar refractivity (Wildman–Crippen MR) is 85.2 cm³/mol. The van der Waals surface area contributed by atoms with Crippen molar-refractivity contribution < 1.29 is 9.15 Å². The van der Waals surface area contributed by atoms with Crippen molar-refractivity contribution in [2.45, 2.75) is 12.8 Å². The Kier molecular flexibility index (Phi) is 3.18. The van der Waals surface area contributed by atoms with Crippen molar-refractivity contribution in [1.29, 1.82) is 0 Å². The number of hydrogen-bond donors (Lipinski definition) is 0. The number of aromatic nitrogens is 2. The van der Waals surface area contributed by atoms with Crippen LogP contribution in [0, 0.1) is 0 Å². The lowest BCUT2D eigenvalue weighted by molar-refractivity contribution is 0.415. The van der Waals surface area contributed by atoms with Crippen LogP contribution in [0.4, 0.5) is 5.82 Å². The minimum Gasteiger partial charge on any atom is -0.497 e. The average molecular weight is 295 g/mol. The van der Waals surface area contributed by atoms with Crippen LogP contribution in [0.2, 0.25) is 0 Å². The first-order valence-corrected chi connectivity index (χ1v) is 7.50. The molecule has 1 aliphatic rings. The van der Waals surface area contributed by atoms with Crippen LogP contribution < -0.4 is 9.64 Å². The standard InChI is InChI=1S/C17H17N3O2/c1-21-13-6-4-12(5-7-13)16-18-14-8-9-15(19-17(14)22-16)20-10-2-3-11-20/h4-9H,2-3,10-11H2,1H3. The summed E-state index contributed by atoms with van der Waals surface area (Å²) in [6.45, 7) is 2.13. The lowest BCUT2D eigenvalue weighted by atomic mass is 10.2. The largest absolute Gasteiger partial charge is 0.497 e. The Morgan fingerprint density at radius 2 is 1.77 bits per heavy atom. The topological polar surface area (TPSA) is 51.4 Å². The molecule has 0 amide bonds. The van der Waals surface area contributed by atoms with Crippen LogP contribution in [0.25, 0.3) is 22.7 Å². The first-order chi connectivity index (χ1) is 10.8. The molecule has 0 unspecified atom stereocenters. The summed E-state index contributed by atoms with van der Waals surface area (Å²) in [5, 5.41) is 0. The van der Waals surface area contributed by atoms with E-state index < -0.39 is 0 Å². The quantitative estimate of drug-likeness (QED) is 0.740. The van der Waals surface area contributed by atoms with Crippen molar-refractivity contribution in [1.82, 2.24) is 9.97 Å². The van der Waals surface area contributed by atoms with E-state index in [-0.39, 0.29) is 0 Å². The average Bonchev–Trinajstić information content (AvgIpc) is 3.23. The second-order valence-electron chi connectivity index (χ2n) is 5.44. The van der Waals surface area contributed by atoms with Crippen LogP contribution in [0.3, 0.4) is 0 Å². The van der Waals surface area contributed by atoms with Crippen molar-refractivity contribution in [3.63, 3.8) is 0 Å². The molecule has 112 valence electrons. The number of nitrogens with zero attached hydrogens (tertiary/aromatic N) is 3. The van der Waals surface area contributed by atoms with E-state index in [0.29, 0.717) is 11.6 Å². The Balaban J connectivity index is 1.70. The van der Waals surface area contributed by atoms with Gasteiger partial charge < -0.3 is 14.1 Å². The van der Waals surface area contributed by atoms with Crippen LogP contribution >= 0.6 is 0 Å². The molecule has 4 rings (SSSR count). The summed E-state index contributed by atoms with van der Waals surface area (Å²) in [4.78, 5) is 11.4. The lowest BCUT2D eigenvalue weighted by Gasteiger charge is -2.15. The highest BCUT2D eigenvalue weighted by Crippen LogP contribution is 2.27. The zero-order chi connectivity index (χ0) is 14.9.